The van der Waals surface area contributed by atoms with E-state index < -0.39 is 0 Å². The van der Waals surface area contributed by atoms with Gasteiger partial charge in [0.2, 0.25) is 12.7 Å². The van der Waals surface area contributed by atoms with Gasteiger partial charge in [-0.05, 0) is 19.1 Å². The summed E-state index contributed by atoms with van der Waals surface area (Å²) in [5, 5.41) is 2.60. The lowest BCUT2D eigenvalue weighted by Crippen LogP contribution is -2.11. The van der Waals surface area contributed by atoms with E-state index in [1.165, 1.54) is 0 Å². The maximum absolute atomic E-state index is 10.3. The molecule has 1 N–H and O–H groups in total. The van der Waals surface area contributed by atoms with E-state index in [0.717, 1.165) is 17.0 Å². The lowest BCUT2D eigenvalue weighted by Gasteiger charge is -2.06. The average Bonchev–Trinajstić information content (AvgIpc) is 2.52. The molecule has 0 radical (unpaired) electrons. The van der Waals surface area contributed by atoms with Crippen LogP contribution in [0.1, 0.15) is 12.5 Å². The Hall–Kier alpha value is -1.71. The fraction of sp³-hybridized carbons (Fsp3) is 0.300. The summed E-state index contributed by atoms with van der Waals surface area (Å²) in [6.45, 7) is 3.71. The molecule has 0 saturated heterocycles. The number of rotatable bonds is 2. The predicted molar refractivity (Wildman–Crippen MR) is 51.6 cm³/mol. The molecule has 1 aromatic carbocycles. The van der Waals surface area contributed by atoms with Crippen molar-refractivity contribution in [2.45, 2.75) is 20.1 Å². The minimum atomic E-state index is -0.254. The van der Waals surface area contributed by atoms with Crippen molar-refractivity contribution >= 4 is 12.1 Å². The summed E-state index contributed by atoms with van der Waals surface area (Å²) < 4.78 is 10.8. The van der Waals surface area contributed by atoms with Crippen LogP contribution in [0.3, 0.4) is 0 Å². The van der Waals surface area contributed by atoms with E-state index in [-0.39, 0.29) is 6.29 Å². The standard InChI is InChI=1S/C10H11NO3/c1-6-8(11-5-12)3-4-9-10(6)14-7(2)13-9/h3-5,7H,1-2H3,(H,11,12). The van der Waals surface area contributed by atoms with E-state index >= 15 is 0 Å². The molecular weight excluding hydrogens is 182 g/mol. The second kappa shape index (κ2) is 3.21. The van der Waals surface area contributed by atoms with E-state index in [0.29, 0.717) is 12.2 Å². The van der Waals surface area contributed by atoms with Crippen molar-refractivity contribution < 1.29 is 14.3 Å². The molecule has 2 rings (SSSR count). The van der Waals surface area contributed by atoms with Gasteiger partial charge in [0.1, 0.15) is 0 Å². The number of amides is 1. The van der Waals surface area contributed by atoms with Gasteiger partial charge in [0.25, 0.3) is 0 Å². The molecule has 0 fully saturated rings. The zero-order valence-electron chi connectivity index (χ0n) is 8.03. The van der Waals surface area contributed by atoms with E-state index in [4.69, 9.17) is 9.47 Å². The van der Waals surface area contributed by atoms with Crippen molar-refractivity contribution in [3.05, 3.63) is 17.7 Å². The Morgan fingerprint density at radius 3 is 2.93 bits per heavy atom. The third-order valence-electron chi connectivity index (χ3n) is 2.16. The smallest absolute Gasteiger partial charge is 0.238 e. The largest absolute Gasteiger partial charge is 0.451 e. The highest BCUT2D eigenvalue weighted by atomic mass is 16.7. The quantitative estimate of drug-likeness (QED) is 0.727. The first-order valence-electron chi connectivity index (χ1n) is 4.39. The van der Waals surface area contributed by atoms with Gasteiger partial charge in [-0.15, -0.1) is 0 Å². The number of nitrogens with one attached hydrogen (secondary N) is 1. The number of hydrogen-bond donors (Lipinski definition) is 1. The summed E-state index contributed by atoms with van der Waals surface area (Å²) in [5.74, 6) is 1.44. The number of carbonyl (C=O) groups excluding carboxylic acids is 1. The number of ether oxygens (including phenoxy) is 2. The van der Waals surface area contributed by atoms with Crippen molar-refractivity contribution in [3.8, 4) is 11.5 Å². The lowest BCUT2D eigenvalue weighted by molar-refractivity contribution is -0.105. The van der Waals surface area contributed by atoms with E-state index in [2.05, 4.69) is 5.32 Å². The molecule has 0 aliphatic carbocycles. The number of benzene rings is 1. The van der Waals surface area contributed by atoms with Crippen LogP contribution in [0.2, 0.25) is 0 Å². The molecule has 14 heavy (non-hydrogen) atoms. The molecule has 74 valence electrons. The van der Waals surface area contributed by atoms with Gasteiger partial charge in [-0.3, -0.25) is 4.79 Å². The van der Waals surface area contributed by atoms with Crippen LogP contribution in [-0.4, -0.2) is 12.7 Å². The Morgan fingerprint density at radius 1 is 1.43 bits per heavy atom. The fourth-order valence-electron chi connectivity index (χ4n) is 1.49. The molecule has 0 spiro atoms. The molecule has 0 bridgehead atoms. The van der Waals surface area contributed by atoms with Gasteiger partial charge in [-0.2, -0.15) is 0 Å². The molecule has 1 heterocycles. The maximum atomic E-state index is 10.3. The monoisotopic (exact) mass is 193 g/mol. The molecule has 0 aromatic heterocycles. The second-order valence-corrected chi connectivity index (χ2v) is 3.13. The Labute approximate surface area is 81.8 Å². The minimum Gasteiger partial charge on any atom is -0.451 e. The van der Waals surface area contributed by atoms with Crippen molar-refractivity contribution in [2.24, 2.45) is 0 Å². The van der Waals surface area contributed by atoms with Crippen molar-refractivity contribution in [1.29, 1.82) is 0 Å². The normalized spacial score (nSPS) is 18.0. The zero-order valence-corrected chi connectivity index (χ0v) is 8.03. The predicted octanol–water partition coefficient (Wildman–Crippen LogP) is 1.68. The van der Waals surface area contributed by atoms with Crippen LogP contribution < -0.4 is 14.8 Å². The summed E-state index contributed by atoms with van der Waals surface area (Å²) in [4.78, 5) is 10.3. The molecule has 4 nitrogen and oxygen atoms in total. The summed E-state index contributed by atoms with van der Waals surface area (Å²) in [6, 6.07) is 3.58. The topological polar surface area (TPSA) is 47.6 Å². The highest BCUT2D eigenvalue weighted by Gasteiger charge is 2.23. The van der Waals surface area contributed by atoms with E-state index in [9.17, 15) is 4.79 Å². The number of carbonyl (C=O) groups is 1. The molecular formula is C10H11NO3. The lowest BCUT2D eigenvalue weighted by atomic mass is 10.1. The van der Waals surface area contributed by atoms with Crippen LogP contribution >= 0.6 is 0 Å². The molecule has 1 aliphatic heterocycles. The highest BCUT2D eigenvalue weighted by Crippen LogP contribution is 2.40. The number of fused-ring (bicyclic) bond motifs is 1. The van der Waals surface area contributed by atoms with Gasteiger partial charge in [0.05, 0.1) is 0 Å². The first-order valence-corrected chi connectivity index (χ1v) is 4.39. The third kappa shape index (κ3) is 1.28. The summed E-state index contributed by atoms with van der Waals surface area (Å²) in [5.41, 5.74) is 1.63. The Bertz CT molecular complexity index is 376. The molecule has 1 aromatic rings. The van der Waals surface area contributed by atoms with Crippen molar-refractivity contribution in [2.75, 3.05) is 5.32 Å². The molecule has 1 amide bonds. The molecule has 1 atom stereocenters. The summed E-state index contributed by atoms with van der Waals surface area (Å²) >= 11 is 0. The third-order valence-corrected chi connectivity index (χ3v) is 2.16. The second-order valence-electron chi connectivity index (χ2n) is 3.13. The van der Waals surface area contributed by atoms with E-state index in [1.807, 2.05) is 13.8 Å². The average molecular weight is 193 g/mol. The van der Waals surface area contributed by atoms with Gasteiger partial charge < -0.3 is 14.8 Å². The van der Waals surface area contributed by atoms with Crippen LogP contribution in [0.25, 0.3) is 0 Å². The van der Waals surface area contributed by atoms with Crippen LogP contribution in [0.5, 0.6) is 11.5 Å². The highest BCUT2D eigenvalue weighted by molar-refractivity contribution is 5.76. The minimum absolute atomic E-state index is 0.254. The van der Waals surface area contributed by atoms with Gasteiger partial charge in [-0.1, -0.05) is 0 Å². The summed E-state index contributed by atoms with van der Waals surface area (Å²) in [7, 11) is 0. The Kier molecular flexibility index (Phi) is 2.04. The van der Waals surface area contributed by atoms with Crippen LogP contribution in [-0.2, 0) is 4.79 Å². The fourth-order valence-corrected chi connectivity index (χ4v) is 1.49. The van der Waals surface area contributed by atoms with Gasteiger partial charge in [-0.25, -0.2) is 0 Å². The Balaban J connectivity index is 2.42. The molecule has 4 heteroatoms. The van der Waals surface area contributed by atoms with Crippen LogP contribution in [0.4, 0.5) is 5.69 Å². The molecule has 1 aliphatic rings. The first kappa shape index (κ1) is 8.87. The van der Waals surface area contributed by atoms with Crippen molar-refractivity contribution in [1.82, 2.24) is 0 Å². The first-order chi connectivity index (χ1) is 6.72. The SMILES string of the molecule is Cc1c(NC=O)ccc2c1OC(C)O2. The molecule has 0 saturated carbocycles. The van der Waals surface area contributed by atoms with E-state index in [1.54, 1.807) is 12.1 Å². The summed E-state index contributed by atoms with van der Waals surface area (Å²) in [6.07, 6.45) is 0.392. The van der Waals surface area contributed by atoms with Crippen LogP contribution in [0.15, 0.2) is 12.1 Å². The van der Waals surface area contributed by atoms with Crippen molar-refractivity contribution in [3.63, 3.8) is 0 Å². The maximum Gasteiger partial charge on any atom is 0.238 e. The molecule has 1 unspecified atom stereocenters. The number of hydrogen-bond acceptors (Lipinski definition) is 3. The Morgan fingerprint density at radius 2 is 2.21 bits per heavy atom. The van der Waals surface area contributed by atoms with Gasteiger partial charge in [0.15, 0.2) is 11.5 Å². The zero-order chi connectivity index (χ0) is 10.1. The number of anilines is 1. The van der Waals surface area contributed by atoms with Crippen LogP contribution in [0, 0.1) is 6.92 Å². The van der Waals surface area contributed by atoms with Gasteiger partial charge >= 0.3 is 0 Å². The van der Waals surface area contributed by atoms with Gasteiger partial charge in [0, 0.05) is 18.2 Å².